The van der Waals surface area contributed by atoms with Crippen molar-refractivity contribution in [2.24, 2.45) is 11.3 Å². The SMILES string of the molecule is O=C(O)CC1CC2(C1)CN(c1ccc(NC(=O)c3nnc(Nc4ccc(F)c(F)c4)o3)cn1)C2. The van der Waals surface area contributed by atoms with E-state index >= 15 is 0 Å². The summed E-state index contributed by atoms with van der Waals surface area (Å²) in [5.41, 5.74) is 0.821. The second-order valence-electron chi connectivity index (χ2n) is 8.75. The van der Waals surface area contributed by atoms with Crippen molar-refractivity contribution < 1.29 is 27.9 Å². The Labute approximate surface area is 192 Å². The molecule has 5 rings (SSSR count). The number of carbonyl (C=O) groups is 2. The van der Waals surface area contributed by atoms with E-state index in [1.165, 1.54) is 12.3 Å². The number of rotatable bonds is 7. The molecule has 34 heavy (non-hydrogen) atoms. The zero-order chi connectivity index (χ0) is 23.9. The maximum atomic E-state index is 13.3. The van der Waals surface area contributed by atoms with Crippen molar-refractivity contribution in [1.29, 1.82) is 0 Å². The van der Waals surface area contributed by atoms with Gasteiger partial charge in [-0.25, -0.2) is 13.8 Å². The number of carboxylic acid groups (broad SMARTS) is 1. The van der Waals surface area contributed by atoms with Gasteiger partial charge in [0.2, 0.25) is 0 Å². The molecule has 10 nitrogen and oxygen atoms in total. The highest BCUT2D eigenvalue weighted by Gasteiger charge is 2.52. The first-order chi connectivity index (χ1) is 16.3. The van der Waals surface area contributed by atoms with Gasteiger partial charge in [0.05, 0.1) is 11.9 Å². The van der Waals surface area contributed by atoms with Crippen molar-refractivity contribution in [3.8, 4) is 0 Å². The van der Waals surface area contributed by atoms with Crippen molar-refractivity contribution in [2.75, 3.05) is 28.6 Å². The van der Waals surface area contributed by atoms with Crippen molar-refractivity contribution in [3.63, 3.8) is 0 Å². The molecule has 3 heterocycles. The lowest BCUT2D eigenvalue weighted by molar-refractivity contribution is -0.140. The second-order valence-corrected chi connectivity index (χ2v) is 8.75. The van der Waals surface area contributed by atoms with Crippen LogP contribution in [0.1, 0.15) is 29.9 Å². The Morgan fingerprint density at radius 2 is 1.88 bits per heavy atom. The molecule has 1 spiro atoms. The molecule has 1 aliphatic heterocycles. The lowest BCUT2D eigenvalue weighted by atomic mass is 9.57. The summed E-state index contributed by atoms with van der Waals surface area (Å²) in [6.45, 7) is 1.69. The number of pyridine rings is 1. The van der Waals surface area contributed by atoms with Gasteiger partial charge in [-0.3, -0.25) is 9.59 Å². The van der Waals surface area contributed by atoms with Crippen molar-refractivity contribution in [2.45, 2.75) is 19.3 Å². The number of nitrogens with one attached hydrogen (secondary N) is 2. The molecule has 176 valence electrons. The molecule has 3 N–H and O–H groups in total. The predicted molar refractivity (Wildman–Crippen MR) is 116 cm³/mol. The van der Waals surface area contributed by atoms with Gasteiger partial charge in [0.1, 0.15) is 5.82 Å². The van der Waals surface area contributed by atoms with E-state index in [0.717, 1.165) is 43.9 Å². The highest BCUT2D eigenvalue weighted by atomic mass is 19.2. The summed E-state index contributed by atoms with van der Waals surface area (Å²) in [4.78, 5) is 29.7. The Morgan fingerprint density at radius 1 is 1.12 bits per heavy atom. The summed E-state index contributed by atoms with van der Waals surface area (Å²) in [5.74, 6) is -2.70. The van der Waals surface area contributed by atoms with Gasteiger partial charge in [-0.15, -0.1) is 5.10 Å². The number of nitrogens with zero attached hydrogens (tertiary/aromatic N) is 4. The third-order valence-corrected chi connectivity index (χ3v) is 6.08. The normalized spacial score (nSPS) is 16.6. The Morgan fingerprint density at radius 3 is 2.56 bits per heavy atom. The molecule has 2 fully saturated rings. The fraction of sp³-hybridized carbons (Fsp3) is 0.318. The van der Waals surface area contributed by atoms with Gasteiger partial charge < -0.3 is 25.1 Å². The molecule has 1 saturated carbocycles. The molecule has 0 bridgehead atoms. The molecule has 0 unspecified atom stereocenters. The van der Waals surface area contributed by atoms with E-state index in [9.17, 15) is 18.4 Å². The zero-order valence-electron chi connectivity index (χ0n) is 17.8. The third kappa shape index (κ3) is 4.38. The molecule has 12 heteroatoms. The summed E-state index contributed by atoms with van der Waals surface area (Å²) in [6, 6.07) is 6.50. The number of anilines is 4. The summed E-state index contributed by atoms with van der Waals surface area (Å²) in [5, 5.41) is 21.4. The highest BCUT2D eigenvalue weighted by Crippen LogP contribution is 2.53. The number of aromatic nitrogens is 3. The minimum atomic E-state index is -1.04. The molecule has 1 saturated heterocycles. The molecule has 3 aromatic rings. The van der Waals surface area contributed by atoms with E-state index in [1.54, 1.807) is 12.1 Å². The zero-order valence-corrected chi connectivity index (χ0v) is 17.8. The Hall–Kier alpha value is -4.09. The highest BCUT2D eigenvalue weighted by molar-refractivity contribution is 6.00. The van der Waals surface area contributed by atoms with Gasteiger partial charge in [-0.05, 0) is 43.0 Å². The van der Waals surface area contributed by atoms with Crippen LogP contribution in [0.25, 0.3) is 0 Å². The van der Waals surface area contributed by atoms with Crippen LogP contribution in [-0.2, 0) is 4.79 Å². The van der Waals surface area contributed by atoms with E-state index in [2.05, 4.69) is 30.7 Å². The number of carbonyl (C=O) groups excluding carboxylic acids is 1. The standard InChI is InChI=1S/C22H20F2N6O4/c23-15-3-1-13(6-16(15)24)27-21-29-28-20(34-21)19(33)26-14-2-4-17(25-9-14)30-10-22(11-30)7-12(8-22)5-18(31)32/h1-4,6,9,12H,5,7-8,10-11H2,(H,26,33)(H,27,29)(H,31,32). The lowest BCUT2D eigenvalue weighted by Crippen LogP contribution is -2.62. The van der Waals surface area contributed by atoms with Gasteiger partial charge >= 0.3 is 23.8 Å². The van der Waals surface area contributed by atoms with Gasteiger partial charge in [0, 0.05) is 36.7 Å². The van der Waals surface area contributed by atoms with Crippen LogP contribution >= 0.6 is 0 Å². The third-order valence-electron chi connectivity index (χ3n) is 6.08. The van der Waals surface area contributed by atoms with E-state index in [1.807, 2.05) is 0 Å². The van der Waals surface area contributed by atoms with E-state index in [0.29, 0.717) is 5.69 Å². The largest absolute Gasteiger partial charge is 0.481 e. The number of halogens is 2. The molecule has 2 aromatic heterocycles. The summed E-state index contributed by atoms with van der Waals surface area (Å²) in [7, 11) is 0. The van der Waals surface area contributed by atoms with E-state index in [-0.39, 0.29) is 35.3 Å². The molecule has 1 aliphatic carbocycles. The molecular weight excluding hydrogens is 450 g/mol. The Kier molecular flexibility index (Phi) is 5.34. The van der Waals surface area contributed by atoms with E-state index in [4.69, 9.17) is 9.52 Å². The fourth-order valence-corrected chi connectivity index (χ4v) is 4.63. The predicted octanol–water partition coefficient (Wildman–Crippen LogP) is 3.43. The van der Waals surface area contributed by atoms with Crippen LogP contribution in [0.15, 0.2) is 40.9 Å². The number of amides is 1. The van der Waals surface area contributed by atoms with Crippen LogP contribution in [0.3, 0.4) is 0 Å². The van der Waals surface area contributed by atoms with Gasteiger partial charge in [-0.2, -0.15) is 0 Å². The first-order valence-corrected chi connectivity index (χ1v) is 10.6. The minimum absolute atomic E-state index is 0.155. The topological polar surface area (TPSA) is 133 Å². The van der Waals surface area contributed by atoms with Crippen LogP contribution in [0, 0.1) is 23.0 Å². The monoisotopic (exact) mass is 470 g/mol. The van der Waals surface area contributed by atoms with Gasteiger partial charge in [-0.1, -0.05) is 5.10 Å². The number of hydrogen-bond acceptors (Lipinski definition) is 8. The van der Waals surface area contributed by atoms with Crippen LogP contribution < -0.4 is 15.5 Å². The average molecular weight is 470 g/mol. The van der Waals surface area contributed by atoms with Crippen molar-refractivity contribution in [1.82, 2.24) is 15.2 Å². The van der Waals surface area contributed by atoms with Gasteiger partial charge in [0.25, 0.3) is 0 Å². The van der Waals surface area contributed by atoms with Crippen molar-refractivity contribution >= 4 is 35.1 Å². The lowest BCUT2D eigenvalue weighted by Gasteiger charge is -2.59. The first kappa shape index (κ1) is 21.7. The summed E-state index contributed by atoms with van der Waals surface area (Å²) in [6.07, 6.45) is 3.61. The number of benzene rings is 1. The first-order valence-electron chi connectivity index (χ1n) is 10.6. The number of carboxylic acids is 1. The number of aliphatic carboxylic acids is 1. The molecule has 0 atom stereocenters. The smallest absolute Gasteiger partial charge is 0.320 e. The summed E-state index contributed by atoms with van der Waals surface area (Å²) < 4.78 is 31.6. The van der Waals surface area contributed by atoms with Crippen LogP contribution in [0.4, 0.5) is 32.0 Å². The minimum Gasteiger partial charge on any atom is -0.481 e. The molecule has 0 radical (unpaired) electrons. The average Bonchev–Trinajstić information content (AvgIpc) is 3.21. The molecule has 1 amide bonds. The van der Waals surface area contributed by atoms with Crippen molar-refractivity contribution in [3.05, 3.63) is 54.1 Å². The Bertz CT molecular complexity index is 1230. The molecular formula is C22H20F2N6O4. The van der Waals surface area contributed by atoms with E-state index < -0.39 is 23.5 Å². The Balaban J connectivity index is 1.13. The quantitative estimate of drug-likeness (QED) is 0.475. The molecule has 1 aromatic carbocycles. The van der Waals surface area contributed by atoms with Crippen LogP contribution in [-0.4, -0.2) is 45.3 Å². The maximum absolute atomic E-state index is 13.3. The number of hydrogen-bond donors (Lipinski definition) is 3. The fourth-order valence-electron chi connectivity index (χ4n) is 4.63. The van der Waals surface area contributed by atoms with Crippen LogP contribution in [0.5, 0.6) is 0 Å². The van der Waals surface area contributed by atoms with Gasteiger partial charge in [0.15, 0.2) is 11.6 Å². The summed E-state index contributed by atoms with van der Waals surface area (Å²) >= 11 is 0. The maximum Gasteiger partial charge on any atom is 0.320 e. The second kappa shape index (κ2) is 8.36. The molecule has 2 aliphatic rings. The van der Waals surface area contributed by atoms with Crippen LogP contribution in [0.2, 0.25) is 0 Å².